The van der Waals surface area contributed by atoms with E-state index >= 15 is 0 Å². The van der Waals surface area contributed by atoms with Crippen LogP contribution in [0.5, 0.6) is 0 Å². The van der Waals surface area contributed by atoms with E-state index < -0.39 is 11.7 Å². The maximum Gasteiger partial charge on any atom is 0.260 e. The van der Waals surface area contributed by atoms with Crippen LogP contribution in [0.3, 0.4) is 0 Å². The number of rotatable bonds is 3. The highest BCUT2D eigenvalue weighted by atomic mass is 35.5. The van der Waals surface area contributed by atoms with Gasteiger partial charge in [0.15, 0.2) is 10.7 Å². The lowest BCUT2D eigenvalue weighted by Gasteiger charge is -2.09. The number of benzene rings is 3. The Bertz CT molecular complexity index is 1220. The predicted molar refractivity (Wildman–Crippen MR) is 115 cm³/mol. The lowest BCUT2D eigenvalue weighted by molar-refractivity contribution is 0.0974. The molecule has 4 rings (SSSR count). The van der Waals surface area contributed by atoms with Crippen LogP contribution in [0, 0.1) is 5.82 Å². The van der Waals surface area contributed by atoms with Crippen LogP contribution < -0.4 is 10.6 Å². The number of halogens is 2. The van der Waals surface area contributed by atoms with E-state index in [0.717, 1.165) is 5.56 Å². The van der Waals surface area contributed by atoms with Crippen molar-refractivity contribution in [2.24, 2.45) is 0 Å². The third kappa shape index (κ3) is 4.26. The molecular formula is C21H13ClFN3O2S. The van der Waals surface area contributed by atoms with Crippen molar-refractivity contribution in [2.45, 2.75) is 0 Å². The summed E-state index contributed by atoms with van der Waals surface area (Å²) in [5.74, 6) is -0.788. The molecule has 1 amide bonds. The van der Waals surface area contributed by atoms with Crippen LogP contribution in [0.25, 0.3) is 22.6 Å². The molecule has 0 aliphatic carbocycles. The molecule has 3 aromatic carbocycles. The number of amides is 1. The molecule has 2 N–H and O–H groups in total. The lowest BCUT2D eigenvalue weighted by atomic mass is 10.2. The Morgan fingerprint density at radius 2 is 1.83 bits per heavy atom. The molecule has 0 atom stereocenters. The quantitative estimate of drug-likeness (QED) is 0.429. The second kappa shape index (κ2) is 7.98. The number of oxazole rings is 1. The van der Waals surface area contributed by atoms with Gasteiger partial charge < -0.3 is 9.73 Å². The molecule has 0 saturated heterocycles. The Morgan fingerprint density at radius 1 is 1.07 bits per heavy atom. The molecule has 0 saturated carbocycles. The average Bonchev–Trinajstić information content (AvgIpc) is 3.12. The first-order chi connectivity index (χ1) is 14.0. The monoisotopic (exact) mass is 425 g/mol. The summed E-state index contributed by atoms with van der Waals surface area (Å²) in [6.45, 7) is 0. The molecule has 1 heterocycles. The van der Waals surface area contributed by atoms with Crippen molar-refractivity contribution in [3.05, 3.63) is 83.1 Å². The average molecular weight is 426 g/mol. The first-order valence-electron chi connectivity index (χ1n) is 8.53. The minimum absolute atomic E-state index is 0.0408. The maximum absolute atomic E-state index is 13.7. The third-order valence-electron chi connectivity index (χ3n) is 4.08. The molecule has 0 unspecified atom stereocenters. The number of thiocarbonyl (C=S) groups is 1. The van der Waals surface area contributed by atoms with E-state index in [1.807, 2.05) is 12.1 Å². The molecule has 0 fully saturated rings. The molecule has 0 aliphatic rings. The normalized spacial score (nSPS) is 10.7. The van der Waals surface area contributed by atoms with E-state index in [-0.39, 0.29) is 10.7 Å². The van der Waals surface area contributed by atoms with Gasteiger partial charge in [-0.05, 0) is 66.8 Å². The van der Waals surface area contributed by atoms with Crippen molar-refractivity contribution in [2.75, 3.05) is 5.32 Å². The van der Waals surface area contributed by atoms with Gasteiger partial charge in [-0.3, -0.25) is 10.1 Å². The van der Waals surface area contributed by atoms with E-state index in [1.165, 1.54) is 18.2 Å². The van der Waals surface area contributed by atoms with Crippen molar-refractivity contribution in [1.29, 1.82) is 0 Å². The Labute approximate surface area is 175 Å². The number of hydrogen-bond donors (Lipinski definition) is 2. The zero-order valence-corrected chi connectivity index (χ0v) is 16.4. The second-order valence-electron chi connectivity index (χ2n) is 6.10. The fraction of sp³-hybridized carbons (Fsp3) is 0. The van der Waals surface area contributed by atoms with Crippen LogP contribution in [-0.4, -0.2) is 16.0 Å². The second-order valence-corrected chi connectivity index (χ2v) is 6.94. The van der Waals surface area contributed by atoms with Gasteiger partial charge in [0.05, 0.1) is 5.56 Å². The number of fused-ring (bicyclic) bond motifs is 1. The Balaban J connectivity index is 1.49. The highest BCUT2D eigenvalue weighted by Gasteiger charge is 2.13. The van der Waals surface area contributed by atoms with E-state index in [9.17, 15) is 9.18 Å². The summed E-state index contributed by atoms with van der Waals surface area (Å²) in [7, 11) is 0. The van der Waals surface area contributed by atoms with Gasteiger partial charge in [0, 0.05) is 16.3 Å². The number of hydrogen-bond acceptors (Lipinski definition) is 4. The summed E-state index contributed by atoms with van der Waals surface area (Å²) >= 11 is 11.1. The summed E-state index contributed by atoms with van der Waals surface area (Å²) in [5, 5.41) is 6.01. The van der Waals surface area contributed by atoms with Crippen molar-refractivity contribution < 1.29 is 13.6 Å². The fourth-order valence-corrected chi connectivity index (χ4v) is 3.04. The maximum atomic E-state index is 13.7. The smallest absolute Gasteiger partial charge is 0.260 e. The first kappa shape index (κ1) is 19.0. The van der Waals surface area contributed by atoms with Gasteiger partial charge >= 0.3 is 0 Å². The molecule has 0 aliphatic heterocycles. The van der Waals surface area contributed by atoms with Gasteiger partial charge in [0.1, 0.15) is 11.3 Å². The van der Waals surface area contributed by atoms with E-state index in [4.69, 9.17) is 28.2 Å². The van der Waals surface area contributed by atoms with Gasteiger partial charge in [0.25, 0.3) is 5.91 Å². The Morgan fingerprint density at radius 3 is 2.59 bits per heavy atom. The number of nitrogens with zero attached hydrogens (tertiary/aromatic N) is 1. The largest absolute Gasteiger partial charge is 0.436 e. The molecule has 1 aromatic heterocycles. The summed E-state index contributed by atoms with van der Waals surface area (Å²) in [4.78, 5) is 16.6. The number of nitrogens with one attached hydrogen (secondary N) is 2. The highest BCUT2D eigenvalue weighted by molar-refractivity contribution is 7.80. The fourth-order valence-electron chi connectivity index (χ4n) is 2.70. The molecule has 4 aromatic rings. The van der Waals surface area contributed by atoms with Crippen LogP contribution in [0.4, 0.5) is 10.1 Å². The van der Waals surface area contributed by atoms with Crippen LogP contribution in [0.15, 0.2) is 71.1 Å². The van der Waals surface area contributed by atoms with Crippen LogP contribution in [-0.2, 0) is 0 Å². The zero-order chi connectivity index (χ0) is 20.4. The lowest BCUT2D eigenvalue weighted by Crippen LogP contribution is -2.34. The minimum atomic E-state index is -0.631. The van der Waals surface area contributed by atoms with Gasteiger partial charge in [-0.2, -0.15) is 0 Å². The standard InChI is InChI=1S/C21H13ClFN3O2S/c22-13-7-5-12(6-8-13)20-25-17-11-14(9-10-18(17)28-20)24-21(29)26-19(27)15-3-1-2-4-16(15)23/h1-11H,(H2,24,26,27,29). The number of anilines is 1. The van der Waals surface area contributed by atoms with Crippen molar-refractivity contribution >= 4 is 51.6 Å². The molecular weight excluding hydrogens is 413 g/mol. The van der Waals surface area contributed by atoms with Crippen molar-refractivity contribution in [3.63, 3.8) is 0 Å². The number of carbonyl (C=O) groups is 1. The Kier molecular flexibility index (Phi) is 5.24. The molecule has 29 heavy (non-hydrogen) atoms. The Hall–Kier alpha value is -3.29. The van der Waals surface area contributed by atoms with E-state index in [0.29, 0.717) is 27.7 Å². The highest BCUT2D eigenvalue weighted by Crippen LogP contribution is 2.27. The predicted octanol–water partition coefficient (Wildman–Crippen LogP) is 5.41. The van der Waals surface area contributed by atoms with E-state index in [1.54, 1.807) is 36.4 Å². The van der Waals surface area contributed by atoms with Gasteiger partial charge in [0.2, 0.25) is 5.89 Å². The van der Waals surface area contributed by atoms with Crippen LogP contribution >= 0.6 is 23.8 Å². The molecule has 0 bridgehead atoms. The molecule has 5 nitrogen and oxygen atoms in total. The van der Waals surface area contributed by atoms with E-state index in [2.05, 4.69) is 15.6 Å². The third-order valence-corrected chi connectivity index (χ3v) is 4.54. The molecule has 144 valence electrons. The van der Waals surface area contributed by atoms with Crippen molar-refractivity contribution in [3.8, 4) is 11.5 Å². The van der Waals surface area contributed by atoms with Gasteiger partial charge in [-0.15, -0.1) is 0 Å². The summed E-state index contributed by atoms with van der Waals surface area (Å²) in [5.41, 5.74) is 2.53. The van der Waals surface area contributed by atoms with Gasteiger partial charge in [-0.1, -0.05) is 23.7 Å². The summed E-state index contributed by atoms with van der Waals surface area (Å²) < 4.78 is 19.5. The topological polar surface area (TPSA) is 67.2 Å². The van der Waals surface area contributed by atoms with Gasteiger partial charge in [-0.25, -0.2) is 9.37 Å². The van der Waals surface area contributed by atoms with Crippen LogP contribution in [0.1, 0.15) is 10.4 Å². The molecule has 8 heteroatoms. The number of carbonyl (C=O) groups excluding carboxylic acids is 1. The first-order valence-corrected chi connectivity index (χ1v) is 9.31. The summed E-state index contributed by atoms with van der Waals surface area (Å²) in [6, 6.07) is 18.0. The van der Waals surface area contributed by atoms with Crippen molar-refractivity contribution in [1.82, 2.24) is 10.3 Å². The SMILES string of the molecule is O=C(NC(=S)Nc1ccc2oc(-c3ccc(Cl)cc3)nc2c1)c1ccccc1F. The minimum Gasteiger partial charge on any atom is -0.436 e. The number of aromatic nitrogens is 1. The summed E-state index contributed by atoms with van der Waals surface area (Å²) in [6.07, 6.45) is 0. The van der Waals surface area contributed by atoms with Crippen LogP contribution in [0.2, 0.25) is 5.02 Å². The molecule has 0 spiro atoms. The molecule has 0 radical (unpaired) electrons. The zero-order valence-electron chi connectivity index (χ0n) is 14.8.